The molecule has 0 radical (unpaired) electrons. The Morgan fingerprint density at radius 3 is 3.00 bits per heavy atom. The largest absolute Gasteiger partial charge is 0.476 e. The van der Waals surface area contributed by atoms with E-state index in [9.17, 15) is 0 Å². The van der Waals surface area contributed by atoms with Crippen LogP contribution in [0.3, 0.4) is 0 Å². The molecule has 0 unspecified atom stereocenters. The van der Waals surface area contributed by atoms with Gasteiger partial charge in [0.2, 0.25) is 5.88 Å². The molecule has 1 aliphatic heterocycles. The second-order valence-electron chi connectivity index (χ2n) is 3.65. The zero-order valence-corrected chi connectivity index (χ0v) is 8.56. The van der Waals surface area contributed by atoms with E-state index in [1.54, 1.807) is 6.20 Å². The van der Waals surface area contributed by atoms with Crippen molar-refractivity contribution in [3.05, 3.63) is 12.5 Å². The van der Waals surface area contributed by atoms with Crippen molar-refractivity contribution in [2.24, 2.45) is 5.92 Å². The first-order valence-electron chi connectivity index (χ1n) is 5.12. The lowest BCUT2D eigenvalue weighted by Crippen LogP contribution is -2.21. The van der Waals surface area contributed by atoms with Gasteiger partial charge < -0.3 is 15.2 Å². The summed E-state index contributed by atoms with van der Waals surface area (Å²) in [6, 6.07) is 0. The summed E-state index contributed by atoms with van der Waals surface area (Å²) >= 11 is 0. The summed E-state index contributed by atoms with van der Waals surface area (Å²) in [5, 5.41) is 0. The molecule has 1 fully saturated rings. The van der Waals surface area contributed by atoms with Gasteiger partial charge >= 0.3 is 0 Å². The molecule has 0 atom stereocenters. The first kappa shape index (κ1) is 10.2. The summed E-state index contributed by atoms with van der Waals surface area (Å²) in [6.45, 7) is 2.31. The Morgan fingerprint density at radius 1 is 1.47 bits per heavy atom. The van der Waals surface area contributed by atoms with E-state index in [-0.39, 0.29) is 0 Å². The lowest BCUT2D eigenvalue weighted by Gasteiger charge is -2.21. The molecule has 0 bridgehead atoms. The molecule has 2 N–H and O–H groups in total. The molecule has 1 aromatic heterocycles. The lowest BCUT2D eigenvalue weighted by molar-refractivity contribution is 0.0491. The van der Waals surface area contributed by atoms with E-state index >= 15 is 0 Å². The zero-order chi connectivity index (χ0) is 10.5. The molecule has 5 heteroatoms. The number of ether oxygens (including phenoxy) is 2. The average Bonchev–Trinajstić information content (AvgIpc) is 2.29. The minimum Gasteiger partial charge on any atom is -0.476 e. The van der Waals surface area contributed by atoms with Gasteiger partial charge in [0.15, 0.2) is 0 Å². The van der Waals surface area contributed by atoms with Crippen LogP contribution >= 0.6 is 0 Å². The number of hydrogen-bond acceptors (Lipinski definition) is 5. The van der Waals surface area contributed by atoms with Gasteiger partial charge in [-0.3, -0.25) is 0 Å². The standard InChI is InChI=1S/C10H15N3O2/c11-9-5-12-7-13-10(9)15-6-8-1-3-14-4-2-8/h5,7-8H,1-4,6,11H2. The third kappa shape index (κ3) is 2.79. The molecule has 2 rings (SSSR count). The van der Waals surface area contributed by atoms with E-state index in [1.165, 1.54) is 6.33 Å². The van der Waals surface area contributed by atoms with Gasteiger partial charge in [0, 0.05) is 13.2 Å². The number of nitrogen functional groups attached to an aromatic ring is 1. The Bertz CT molecular complexity index is 313. The second kappa shape index (κ2) is 4.93. The van der Waals surface area contributed by atoms with Crippen molar-refractivity contribution in [1.29, 1.82) is 0 Å². The number of anilines is 1. The van der Waals surface area contributed by atoms with Crippen LogP contribution in [0.15, 0.2) is 12.5 Å². The SMILES string of the molecule is Nc1cncnc1OCC1CCOCC1. The number of nitrogens with zero attached hydrogens (tertiary/aromatic N) is 2. The van der Waals surface area contributed by atoms with Crippen LogP contribution in [0.25, 0.3) is 0 Å². The highest BCUT2D eigenvalue weighted by Crippen LogP contribution is 2.19. The first-order chi connectivity index (χ1) is 7.36. The molecular weight excluding hydrogens is 194 g/mol. The minimum atomic E-state index is 0.483. The molecule has 1 saturated heterocycles. The van der Waals surface area contributed by atoms with Crippen LogP contribution in [-0.2, 0) is 4.74 Å². The Morgan fingerprint density at radius 2 is 2.27 bits per heavy atom. The van der Waals surface area contributed by atoms with E-state index in [2.05, 4.69) is 9.97 Å². The number of aromatic nitrogens is 2. The quantitative estimate of drug-likeness (QED) is 0.799. The first-order valence-corrected chi connectivity index (χ1v) is 5.12. The van der Waals surface area contributed by atoms with Gasteiger partial charge in [0.1, 0.15) is 12.0 Å². The van der Waals surface area contributed by atoms with Crippen molar-refractivity contribution in [1.82, 2.24) is 9.97 Å². The highest BCUT2D eigenvalue weighted by atomic mass is 16.5. The summed E-state index contributed by atoms with van der Waals surface area (Å²) in [4.78, 5) is 7.78. The monoisotopic (exact) mass is 209 g/mol. The smallest absolute Gasteiger partial charge is 0.240 e. The van der Waals surface area contributed by atoms with E-state index in [4.69, 9.17) is 15.2 Å². The Kier molecular flexibility index (Phi) is 3.34. The maximum absolute atomic E-state index is 5.66. The van der Waals surface area contributed by atoms with Crippen molar-refractivity contribution >= 4 is 5.69 Å². The Balaban J connectivity index is 1.84. The maximum Gasteiger partial charge on any atom is 0.240 e. The van der Waals surface area contributed by atoms with Crippen molar-refractivity contribution < 1.29 is 9.47 Å². The summed E-state index contributed by atoms with van der Waals surface area (Å²) in [5.41, 5.74) is 6.15. The molecular formula is C10H15N3O2. The average molecular weight is 209 g/mol. The Labute approximate surface area is 88.6 Å². The topological polar surface area (TPSA) is 70.3 Å². The van der Waals surface area contributed by atoms with Crippen LogP contribution in [0.4, 0.5) is 5.69 Å². The molecule has 1 aliphatic rings. The number of rotatable bonds is 3. The van der Waals surface area contributed by atoms with Gasteiger partial charge in [0.05, 0.1) is 12.8 Å². The van der Waals surface area contributed by atoms with Gasteiger partial charge in [-0.15, -0.1) is 0 Å². The molecule has 2 heterocycles. The third-order valence-electron chi connectivity index (χ3n) is 2.50. The zero-order valence-electron chi connectivity index (χ0n) is 8.56. The lowest BCUT2D eigenvalue weighted by atomic mass is 10.0. The van der Waals surface area contributed by atoms with Crippen LogP contribution in [0.5, 0.6) is 5.88 Å². The van der Waals surface area contributed by atoms with Crippen molar-refractivity contribution in [3.8, 4) is 5.88 Å². The highest BCUT2D eigenvalue weighted by molar-refractivity contribution is 5.44. The van der Waals surface area contributed by atoms with Gasteiger partial charge in [-0.05, 0) is 18.8 Å². The molecule has 15 heavy (non-hydrogen) atoms. The van der Waals surface area contributed by atoms with Gasteiger partial charge in [-0.2, -0.15) is 0 Å². The summed E-state index contributed by atoms with van der Waals surface area (Å²) in [7, 11) is 0. The van der Waals surface area contributed by atoms with Gasteiger partial charge in [-0.1, -0.05) is 0 Å². The molecule has 5 nitrogen and oxygen atoms in total. The number of nitrogens with two attached hydrogens (primary N) is 1. The highest BCUT2D eigenvalue weighted by Gasteiger charge is 2.15. The molecule has 0 amide bonds. The van der Waals surface area contributed by atoms with Gasteiger partial charge in [-0.25, -0.2) is 9.97 Å². The summed E-state index contributed by atoms with van der Waals surface area (Å²) in [5.74, 6) is 1.03. The Hall–Kier alpha value is -1.36. The van der Waals surface area contributed by atoms with Crippen LogP contribution in [-0.4, -0.2) is 29.8 Å². The van der Waals surface area contributed by atoms with Crippen LogP contribution < -0.4 is 10.5 Å². The predicted molar refractivity (Wildman–Crippen MR) is 55.5 cm³/mol. The molecule has 0 aliphatic carbocycles. The molecule has 0 saturated carbocycles. The van der Waals surface area contributed by atoms with Crippen molar-refractivity contribution in [2.75, 3.05) is 25.6 Å². The molecule has 82 valence electrons. The fraction of sp³-hybridized carbons (Fsp3) is 0.600. The van der Waals surface area contributed by atoms with E-state index < -0.39 is 0 Å². The summed E-state index contributed by atoms with van der Waals surface area (Å²) < 4.78 is 10.8. The second-order valence-corrected chi connectivity index (χ2v) is 3.65. The normalized spacial score (nSPS) is 17.6. The van der Waals surface area contributed by atoms with E-state index in [0.717, 1.165) is 26.1 Å². The third-order valence-corrected chi connectivity index (χ3v) is 2.50. The minimum absolute atomic E-state index is 0.483. The predicted octanol–water partition coefficient (Wildman–Crippen LogP) is 0.864. The van der Waals surface area contributed by atoms with Crippen molar-refractivity contribution in [3.63, 3.8) is 0 Å². The fourth-order valence-electron chi connectivity index (χ4n) is 1.56. The van der Waals surface area contributed by atoms with Gasteiger partial charge in [0.25, 0.3) is 0 Å². The van der Waals surface area contributed by atoms with Crippen LogP contribution in [0.1, 0.15) is 12.8 Å². The summed E-state index contributed by atoms with van der Waals surface area (Å²) in [6.07, 6.45) is 5.08. The molecule has 0 aromatic carbocycles. The van der Waals surface area contributed by atoms with E-state index in [1.807, 2.05) is 0 Å². The number of hydrogen-bond donors (Lipinski definition) is 1. The van der Waals surface area contributed by atoms with E-state index in [0.29, 0.717) is 24.1 Å². The van der Waals surface area contributed by atoms with Crippen molar-refractivity contribution in [2.45, 2.75) is 12.8 Å². The van der Waals surface area contributed by atoms with Crippen LogP contribution in [0.2, 0.25) is 0 Å². The van der Waals surface area contributed by atoms with Crippen LogP contribution in [0, 0.1) is 5.92 Å². The molecule has 0 spiro atoms. The fourth-order valence-corrected chi connectivity index (χ4v) is 1.56. The molecule has 1 aromatic rings. The maximum atomic E-state index is 5.66.